The Morgan fingerprint density at radius 2 is 1.80 bits per heavy atom. The molecule has 2 N–H and O–H groups in total. The minimum atomic E-state index is -0.133. The number of fused-ring (bicyclic) bond motifs is 1. The van der Waals surface area contributed by atoms with Gasteiger partial charge in [-0.15, -0.1) is 0 Å². The molecule has 2 aromatic carbocycles. The van der Waals surface area contributed by atoms with E-state index in [9.17, 15) is 4.79 Å². The number of benzene rings is 2. The molecule has 7 heteroatoms. The number of aromatic nitrogens is 2. The predicted octanol–water partition coefficient (Wildman–Crippen LogP) is 3.83. The van der Waals surface area contributed by atoms with Crippen LogP contribution in [0.2, 0.25) is 0 Å². The maximum atomic E-state index is 12.4. The van der Waals surface area contributed by atoms with Gasteiger partial charge < -0.3 is 20.1 Å². The molecule has 0 unspecified atom stereocenters. The van der Waals surface area contributed by atoms with E-state index in [1.54, 1.807) is 19.5 Å². The molecule has 1 heterocycles. The number of carbonyl (C=O) groups is 1. The highest BCUT2D eigenvalue weighted by Gasteiger charge is 2.24. The first-order valence-electron chi connectivity index (χ1n) is 10.2. The summed E-state index contributed by atoms with van der Waals surface area (Å²) in [5.74, 6) is 0.907. The molecule has 2 amide bonds. The van der Waals surface area contributed by atoms with Crippen LogP contribution in [0.25, 0.3) is 10.8 Å². The van der Waals surface area contributed by atoms with Crippen LogP contribution in [-0.4, -0.2) is 35.3 Å². The Labute approximate surface area is 175 Å². The van der Waals surface area contributed by atoms with Crippen molar-refractivity contribution < 1.29 is 14.3 Å². The first-order chi connectivity index (χ1) is 14.7. The highest BCUT2D eigenvalue weighted by Crippen LogP contribution is 2.23. The van der Waals surface area contributed by atoms with Gasteiger partial charge in [0.05, 0.1) is 19.5 Å². The largest absolute Gasteiger partial charge is 0.480 e. The van der Waals surface area contributed by atoms with E-state index < -0.39 is 0 Å². The van der Waals surface area contributed by atoms with Crippen molar-refractivity contribution in [2.45, 2.75) is 44.4 Å². The molecule has 1 aliphatic rings. The normalized spacial score (nSPS) is 18.6. The lowest BCUT2D eigenvalue weighted by Gasteiger charge is -2.29. The minimum Gasteiger partial charge on any atom is -0.480 e. The van der Waals surface area contributed by atoms with Gasteiger partial charge in [0.2, 0.25) is 11.8 Å². The molecule has 1 aliphatic carbocycles. The Hall–Kier alpha value is -3.35. The van der Waals surface area contributed by atoms with Gasteiger partial charge in [-0.05, 0) is 42.0 Å². The first-order valence-corrected chi connectivity index (χ1v) is 10.2. The minimum absolute atomic E-state index is 0.0724. The van der Waals surface area contributed by atoms with Crippen molar-refractivity contribution in [3.8, 4) is 11.8 Å². The summed E-state index contributed by atoms with van der Waals surface area (Å²) >= 11 is 0. The average Bonchev–Trinajstić information content (AvgIpc) is 2.79. The fraction of sp³-hybridized carbons (Fsp3) is 0.348. The lowest BCUT2D eigenvalue weighted by atomic mass is 9.93. The number of urea groups is 1. The quantitative estimate of drug-likeness (QED) is 0.650. The third kappa shape index (κ3) is 4.97. The van der Waals surface area contributed by atoms with Gasteiger partial charge in [0, 0.05) is 12.6 Å². The summed E-state index contributed by atoms with van der Waals surface area (Å²) in [6.07, 6.45) is 6.65. The van der Waals surface area contributed by atoms with Gasteiger partial charge in [-0.1, -0.05) is 42.5 Å². The molecule has 0 radical (unpaired) electrons. The number of methoxy groups -OCH3 is 1. The molecule has 1 fully saturated rings. The molecular formula is C23H26N4O3. The van der Waals surface area contributed by atoms with Crippen LogP contribution in [-0.2, 0) is 6.54 Å². The SMILES string of the molecule is COc1cncc(OC2CCC(NC(=O)NCc3cccc4ccccc34)CC2)n1. The number of nitrogens with zero attached hydrogens (tertiary/aromatic N) is 2. The van der Waals surface area contributed by atoms with Gasteiger partial charge in [0.1, 0.15) is 6.10 Å². The maximum absolute atomic E-state index is 12.4. The Morgan fingerprint density at radius 1 is 1.03 bits per heavy atom. The van der Waals surface area contributed by atoms with Crippen LogP contribution in [0.3, 0.4) is 0 Å². The second kappa shape index (κ2) is 9.43. The molecule has 30 heavy (non-hydrogen) atoms. The van der Waals surface area contributed by atoms with Crippen LogP contribution in [0.1, 0.15) is 31.2 Å². The molecule has 0 atom stereocenters. The van der Waals surface area contributed by atoms with E-state index in [0.717, 1.165) is 31.2 Å². The van der Waals surface area contributed by atoms with Gasteiger partial charge in [-0.3, -0.25) is 4.98 Å². The number of hydrogen-bond acceptors (Lipinski definition) is 5. The van der Waals surface area contributed by atoms with Crippen molar-refractivity contribution in [3.05, 3.63) is 60.4 Å². The topological polar surface area (TPSA) is 85.4 Å². The summed E-state index contributed by atoms with van der Waals surface area (Å²) in [6.45, 7) is 0.500. The summed E-state index contributed by atoms with van der Waals surface area (Å²) in [5, 5.41) is 8.42. The Bertz CT molecular complexity index is 997. The fourth-order valence-electron chi connectivity index (χ4n) is 3.84. The molecule has 0 spiro atoms. The molecule has 7 nitrogen and oxygen atoms in total. The molecule has 0 bridgehead atoms. The smallest absolute Gasteiger partial charge is 0.315 e. The number of amides is 2. The van der Waals surface area contributed by atoms with Crippen LogP contribution in [0, 0.1) is 0 Å². The van der Waals surface area contributed by atoms with Gasteiger partial charge in [-0.2, -0.15) is 4.98 Å². The molecular weight excluding hydrogens is 380 g/mol. The van der Waals surface area contributed by atoms with Gasteiger partial charge in [0.25, 0.3) is 0 Å². The zero-order valence-electron chi connectivity index (χ0n) is 17.0. The van der Waals surface area contributed by atoms with Crippen LogP contribution < -0.4 is 20.1 Å². The van der Waals surface area contributed by atoms with E-state index in [-0.39, 0.29) is 18.2 Å². The van der Waals surface area contributed by atoms with Crippen LogP contribution in [0.5, 0.6) is 11.8 Å². The van der Waals surface area contributed by atoms with Crippen molar-refractivity contribution in [1.29, 1.82) is 0 Å². The molecule has 3 aromatic rings. The third-order valence-electron chi connectivity index (χ3n) is 5.42. The highest BCUT2D eigenvalue weighted by molar-refractivity contribution is 5.86. The summed E-state index contributed by atoms with van der Waals surface area (Å²) < 4.78 is 11.0. The summed E-state index contributed by atoms with van der Waals surface area (Å²) in [5.41, 5.74) is 1.11. The molecule has 156 valence electrons. The van der Waals surface area contributed by atoms with Gasteiger partial charge in [-0.25, -0.2) is 4.79 Å². The Balaban J connectivity index is 1.23. The summed E-state index contributed by atoms with van der Waals surface area (Å²) in [6, 6.07) is 14.4. The van der Waals surface area contributed by atoms with Crippen molar-refractivity contribution >= 4 is 16.8 Å². The number of hydrogen-bond donors (Lipinski definition) is 2. The van der Waals surface area contributed by atoms with Crippen molar-refractivity contribution in [2.75, 3.05) is 7.11 Å². The first kappa shape index (κ1) is 19.9. The van der Waals surface area contributed by atoms with Crippen LogP contribution in [0.15, 0.2) is 54.9 Å². The standard InChI is InChI=1S/C23H26N4O3/c1-29-21-14-24-15-22(27-21)30-19-11-9-18(10-12-19)26-23(28)25-13-17-7-4-6-16-5-2-3-8-20(16)17/h2-8,14-15,18-19H,9-13H2,1H3,(H2,25,26,28). The van der Waals surface area contributed by atoms with E-state index in [1.165, 1.54) is 10.8 Å². The van der Waals surface area contributed by atoms with Crippen molar-refractivity contribution in [3.63, 3.8) is 0 Å². The monoisotopic (exact) mass is 406 g/mol. The lowest BCUT2D eigenvalue weighted by Crippen LogP contribution is -2.44. The van der Waals surface area contributed by atoms with Gasteiger partial charge in [0.15, 0.2) is 0 Å². The molecule has 4 rings (SSSR count). The molecule has 0 saturated heterocycles. The Kier molecular flexibility index (Phi) is 6.27. The number of rotatable bonds is 6. The lowest BCUT2D eigenvalue weighted by molar-refractivity contribution is 0.133. The van der Waals surface area contributed by atoms with Gasteiger partial charge >= 0.3 is 6.03 Å². The van der Waals surface area contributed by atoms with E-state index in [4.69, 9.17) is 9.47 Å². The number of carbonyl (C=O) groups excluding carboxylic acids is 1. The summed E-state index contributed by atoms with van der Waals surface area (Å²) in [4.78, 5) is 20.7. The molecule has 1 saturated carbocycles. The Morgan fingerprint density at radius 3 is 2.63 bits per heavy atom. The molecule has 0 aliphatic heterocycles. The fourth-order valence-corrected chi connectivity index (χ4v) is 3.84. The zero-order valence-corrected chi connectivity index (χ0v) is 17.0. The number of nitrogens with one attached hydrogen (secondary N) is 2. The molecule has 1 aromatic heterocycles. The third-order valence-corrected chi connectivity index (χ3v) is 5.42. The van der Waals surface area contributed by atoms with Crippen molar-refractivity contribution in [2.24, 2.45) is 0 Å². The average molecular weight is 406 g/mol. The predicted molar refractivity (Wildman–Crippen MR) is 115 cm³/mol. The van der Waals surface area contributed by atoms with E-state index in [0.29, 0.717) is 18.3 Å². The second-order valence-electron chi connectivity index (χ2n) is 7.46. The zero-order chi connectivity index (χ0) is 20.8. The van der Waals surface area contributed by atoms with Crippen LogP contribution >= 0.6 is 0 Å². The van der Waals surface area contributed by atoms with Crippen LogP contribution in [0.4, 0.5) is 4.79 Å². The maximum Gasteiger partial charge on any atom is 0.315 e. The summed E-state index contributed by atoms with van der Waals surface area (Å²) in [7, 11) is 1.55. The second-order valence-corrected chi connectivity index (χ2v) is 7.46. The van der Waals surface area contributed by atoms with E-state index in [2.05, 4.69) is 38.8 Å². The number of ether oxygens (including phenoxy) is 2. The van der Waals surface area contributed by atoms with Crippen molar-refractivity contribution in [1.82, 2.24) is 20.6 Å². The van der Waals surface area contributed by atoms with E-state index >= 15 is 0 Å². The van der Waals surface area contributed by atoms with E-state index in [1.807, 2.05) is 24.3 Å². The highest BCUT2D eigenvalue weighted by atomic mass is 16.5.